The molecule has 2 nitrogen and oxygen atoms in total. The van der Waals surface area contributed by atoms with Crippen molar-refractivity contribution in [1.29, 1.82) is 5.26 Å². The van der Waals surface area contributed by atoms with E-state index in [1.165, 1.54) is 12.1 Å². The zero-order chi connectivity index (χ0) is 14.8. The van der Waals surface area contributed by atoms with E-state index in [4.69, 9.17) is 16.9 Å². The van der Waals surface area contributed by atoms with Crippen LogP contribution in [0.25, 0.3) is 11.1 Å². The van der Waals surface area contributed by atoms with Gasteiger partial charge in [-0.15, -0.1) is 13.2 Å². The lowest BCUT2D eigenvalue weighted by molar-refractivity contribution is -0.274. The standard InChI is InChI=1S/C14H7ClF3NO/c15-12-3-1-2-9(7-12)10-4-5-13(11(6-10)8-19)20-14(16,17)18/h1-7H. The Kier molecular flexibility index (Phi) is 3.86. The Labute approximate surface area is 118 Å². The third kappa shape index (κ3) is 3.43. The molecule has 2 aromatic carbocycles. The van der Waals surface area contributed by atoms with Crippen LogP contribution in [0.2, 0.25) is 5.02 Å². The van der Waals surface area contributed by atoms with Gasteiger partial charge in [0.25, 0.3) is 0 Å². The van der Waals surface area contributed by atoms with Crippen molar-refractivity contribution in [2.45, 2.75) is 6.36 Å². The summed E-state index contributed by atoms with van der Waals surface area (Å²) in [5, 5.41) is 9.41. The minimum atomic E-state index is -4.83. The van der Waals surface area contributed by atoms with E-state index in [-0.39, 0.29) is 5.56 Å². The van der Waals surface area contributed by atoms with E-state index in [1.807, 2.05) is 0 Å². The molecule has 0 atom stereocenters. The van der Waals surface area contributed by atoms with E-state index in [2.05, 4.69) is 4.74 Å². The number of rotatable bonds is 2. The number of nitriles is 1. The van der Waals surface area contributed by atoms with Crippen LogP contribution in [0.1, 0.15) is 5.56 Å². The topological polar surface area (TPSA) is 33.0 Å². The van der Waals surface area contributed by atoms with Crippen LogP contribution < -0.4 is 4.74 Å². The molecule has 0 radical (unpaired) electrons. The quantitative estimate of drug-likeness (QED) is 0.799. The molecule has 0 saturated heterocycles. The number of hydrogen-bond donors (Lipinski definition) is 0. The number of ether oxygens (including phenoxy) is 1. The molecule has 0 N–H and O–H groups in total. The summed E-state index contributed by atoms with van der Waals surface area (Å²) >= 11 is 5.85. The van der Waals surface area contributed by atoms with Gasteiger partial charge >= 0.3 is 6.36 Å². The highest BCUT2D eigenvalue weighted by Gasteiger charge is 2.32. The minimum absolute atomic E-state index is 0.195. The zero-order valence-electron chi connectivity index (χ0n) is 9.91. The van der Waals surface area contributed by atoms with Gasteiger partial charge in [0, 0.05) is 5.02 Å². The largest absolute Gasteiger partial charge is 0.573 e. The lowest BCUT2D eigenvalue weighted by atomic mass is 10.0. The monoisotopic (exact) mass is 297 g/mol. The molecule has 0 aliphatic heterocycles. The van der Waals surface area contributed by atoms with Gasteiger partial charge in [0.05, 0.1) is 5.56 Å². The summed E-state index contributed by atoms with van der Waals surface area (Å²) in [6, 6.07) is 12.4. The number of alkyl halides is 3. The second-order valence-corrected chi connectivity index (χ2v) is 4.32. The molecule has 0 heterocycles. The molecule has 0 aromatic heterocycles. The fraction of sp³-hybridized carbons (Fsp3) is 0.0714. The Hall–Kier alpha value is -2.19. The molecule has 0 unspecified atom stereocenters. The molecule has 0 spiro atoms. The average Bonchev–Trinajstić information content (AvgIpc) is 2.37. The van der Waals surface area contributed by atoms with Gasteiger partial charge in [0.2, 0.25) is 0 Å². The Balaban J connectivity index is 2.42. The van der Waals surface area contributed by atoms with Gasteiger partial charge in [-0.25, -0.2) is 0 Å². The van der Waals surface area contributed by atoms with Crippen molar-refractivity contribution in [2.24, 2.45) is 0 Å². The van der Waals surface area contributed by atoms with Gasteiger partial charge in [-0.05, 0) is 35.4 Å². The van der Waals surface area contributed by atoms with Crippen LogP contribution in [-0.4, -0.2) is 6.36 Å². The fourth-order valence-corrected chi connectivity index (χ4v) is 1.87. The van der Waals surface area contributed by atoms with E-state index in [0.29, 0.717) is 16.1 Å². The molecule has 0 fully saturated rings. The first-order valence-corrected chi connectivity index (χ1v) is 5.83. The Morgan fingerprint density at radius 1 is 1.05 bits per heavy atom. The zero-order valence-corrected chi connectivity index (χ0v) is 10.7. The normalized spacial score (nSPS) is 10.9. The lowest BCUT2D eigenvalue weighted by Gasteiger charge is -2.11. The molecule has 102 valence electrons. The van der Waals surface area contributed by atoms with Gasteiger partial charge in [-0.3, -0.25) is 0 Å². The van der Waals surface area contributed by atoms with E-state index in [0.717, 1.165) is 6.07 Å². The molecular weight excluding hydrogens is 291 g/mol. The molecule has 2 rings (SSSR count). The predicted molar refractivity (Wildman–Crippen MR) is 68.3 cm³/mol. The molecule has 6 heteroatoms. The number of benzene rings is 2. The summed E-state index contributed by atoms with van der Waals surface area (Å²) < 4.78 is 40.3. The summed E-state index contributed by atoms with van der Waals surface area (Å²) in [7, 11) is 0. The molecule has 0 amide bonds. The highest BCUT2D eigenvalue weighted by atomic mass is 35.5. The maximum atomic E-state index is 12.2. The first-order valence-electron chi connectivity index (χ1n) is 5.45. The van der Waals surface area contributed by atoms with Crippen LogP contribution in [0.15, 0.2) is 42.5 Å². The molecule has 0 bridgehead atoms. The summed E-state index contributed by atoms with van der Waals surface area (Å²) in [6.07, 6.45) is -4.83. The predicted octanol–water partition coefficient (Wildman–Crippen LogP) is 4.78. The third-order valence-corrected chi connectivity index (χ3v) is 2.72. The average molecular weight is 298 g/mol. The van der Waals surface area contributed by atoms with E-state index in [1.54, 1.807) is 30.3 Å². The highest BCUT2D eigenvalue weighted by molar-refractivity contribution is 6.30. The van der Waals surface area contributed by atoms with Crippen LogP contribution in [0.5, 0.6) is 5.75 Å². The van der Waals surface area contributed by atoms with Gasteiger partial charge < -0.3 is 4.74 Å². The first kappa shape index (κ1) is 14.2. The van der Waals surface area contributed by atoms with Crippen molar-refractivity contribution in [1.82, 2.24) is 0 Å². The van der Waals surface area contributed by atoms with Gasteiger partial charge in [0.15, 0.2) is 0 Å². The fourth-order valence-electron chi connectivity index (χ4n) is 1.68. The van der Waals surface area contributed by atoms with Crippen LogP contribution in [-0.2, 0) is 0 Å². The second kappa shape index (κ2) is 5.43. The van der Waals surface area contributed by atoms with Crippen molar-refractivity contribution in [2.75, 3.05) is 0 Å². The van der Waals surface area contributed by atoms with Gasteiger partial charge in [0.1, 0.15) is 11.8 Å². The highest BCUT2D eigenvalue weighted by Crippen LogP contribution is 2.31. The Morgan fingerprint density at radius 2 is 1.75 bits per heavy atom. The van der Waals surface area contributed by atoms with Crippen LogP contribution in [0.3, 0.4) is 0 Å². The smallest absolute Gasteiger partial charge is 0.404 e. The summed E-state index contributed by atoms with van der Waals surface area (Å²) in [5.41, 5.74) is 1.09. The molecular formula is C14H7ClF3NO. The summed E-state index contributed by atoms with van der Waals surface area (Å²) in [5.74, 6) is -0.522. The molecule has 0 aliphatic carbocycles. The van der Waals surface area contributed by atoms with Crippen molar-refractivity contribution < 1.29 is 17.9 Å². The van der Waals surface area contributed by atoms with E-state index >= 15 is 0 Å². The Morgan fingerprint density at radius 3 is 2.35 bits per heavy atom. The maximum Gasteiger partial charge on any atom is 0.573 e. The molecule has 0 aliphatic rings. The van der Waals surface area contributed by atoms with E-state index in [9.17, 15) is 13.2 Å². The summed E-state index contributed by atoms with van der Waals surface area (Å²) in [6.45, 7) is 0. The first-order chi connectivity index (χ1) is 9.39. The van der Waals surface area contributed by atoms with E-state index < -0.39 is 12.1 Å². The number of nitrogens with zero attached hydrogens (tertiary/aromatic N) is 1. The second-order valence-electron chi connectivity index (χ2n) is 3.88. The number of halogens is 4. The molecule has 20 heavy (non-hydrogen) atoms. The van der Waals surface area contributed by atoms with Crippen LogP contribution in [0.4, 0.5) is 13.2 Å². The summed E-state index contributed by atoms with van der Waals surface area (Å²) in [4.78, 5) is 0. The molecule has 0 saturated carbocycles. The Bertz CT molecular complexity index is 677. The van der Waals surface area contributed by atoms with Gasteiger partial charge in [-0.1, -0.05) is 29.8 Å². The van der Waals surface area contributed by atoms with Crippen molar-refractivity contribution in [3.8, 4) is 22.9 Å². The minimum Gasteiger partial charge on any atom is -0.404 e. The maximum absolute atomic E-state index is 12.2. The van der Waals surface area contributed by atoms with Crippen molar-refractivity contribution >= 4 is 11.6 Å². The SMILES string of the molecule is N#Cc1cc(-c2cccc(Cl)c2)ccc1OC(F)(F)F. The van der Waals surface area contributed by atoms with Crippen molar-refractivity contribution in [3.63, 3.8) is 0 Å². The van der Waals surface area contributed by atoms with Crippen LogP contribution >= 0.6 is 11.6 Å². The van der Waals surface area contributed by atoms with Crippen molar-refractivity contribution in [3.05, 3.63) is 53.1 Å². The lowest BCUT2D eigenvalue weighted by Crippen LogP contribution is -2.17. The van der Waals surface area contributed by atoms with Crippen LogP contribution in [0, 0.1) is 11.3 Å². The van der Waals surface area contributed by atoms with Gasteiger partial charge in [-0.2, -0.15) is 5.26 Å². The number of hydrogen-bond acceptors (Lipinski definition) is 2. The molecule has 2 aromatic rings. The third-order valence-electron chi connectivity index (χ3n) is 2.48.